The Morgan fingerprint density at radius 3 is 3.00 bits per heavy atom. The first kappa shape index (κ1) is 14.7. The third-order valence-electron chi connectivity index (χ3n) is 3.58. The van der Waals surface area contributed by atoms with Crippen molar-refractivity contribution in [3.8, 4) is 0 Å². The molecule has 1 aliphatic carbocycles. The lowest BCUT2D eigenvalue weighted by molar-refractivity contribution is 0.0743. The Balaban J connectivity index is 1.95. The standard InChI is InChI=1S/C14H19F2N3O/c1-20-13-4-2-3-9(13)8-18-14(17)19-12-7-10(15)5-6-11(12)16/h5-7,9,13H,2-4,8H2,1H3,(H3,17,18,19). The minimum atomic E-state index is -0.569. The number of benzene rings is 1. The van der Waals surface area contributed by atoms with Crippen molar-refractivity contribution >= 4 is 11.6 Å². The average molecular weight is 283 g/mol. The molecular formula is C14H19F2N3O. The first-order chi connectivity index (χ1) is 9.60. The number of nitrogens with two attached hydrogens (primary N) is 1. The zero-order valence-corrected chi connectivity index (χ0v) is 11.4. The summed E-state index contributed by atoms with van der Waals surface area (Å²) in [6.07, 6.45) is 3.40. The molecule has 110 valence electrons. The maximum absolute atomic E-state index is 13.4. The number of guanidine groups is 1. The van der Waals surface area contributed by atoms with Crippen molar-refractivity contribution in [2.75, 3.05) is 19.0 Å². The largest absolute Gasteiger partial charge is 0.381 e. The predicted octanol–water partition coefficient (Wildman–Crippen LogP) is 2.51. The third kappa shape index (κ3) is 3.66. The summed E-state index contributed by atoms with van der Waals surface area (Å²) in [5, 5.41) is 2.58. The van der Waals surface area contributed by atoms with Crippen LogP contribution in [0.25, 0.3) is 0 Å². The van der Waals surface area contributed by atoms with Crippen LogP contribution in [0.1, 0.15) is 19.3 Å². The number of hydrogen-bond donors (Lipinski definition) is 2. The Morgan fingerprint density at radius 2 is 2.25 bits per heavy atom. The van der Waals surface area contributed by atoms with Crippen LogP contribution in [0.5, 0.6) is 0 Å². The predicted molar refractivity (Wildman–Crippen MR) is 74.6 cm³/mol. The van der Waals surface area contributed by atoms with Gasteiger partial charge in [-0.2, -0.15) is 0 Å². The van der Waals surface area contributed by atoms with Gasteiger partial charge in [-0.15, -0.1) is 0 Å². The van der Waals surface area contributed by atoms with Crippen molar-refractivity contribution in [1.29, 1.82) is 0 Å². The summed E-state index contributed by atoms with van der Waals surface area (Å²) in [5.41, 5.74) is 5.69. The molecule has 0 saturated heterocycles. The lowest BCUT2D eigenvalue weighted by Crippen LogP contribution is -2.26. The van der Waals surface area contributed by atoms with E-state index in [1.807, 2.05) is 0 Å². The molecule has 0 bridgehead atoms. The highest BCUT2D eigenvalue weighted by Crippen LogP contribution is 2.27. The molecule has 0 spiro atoms. The number of ether oxygens (including phenoxy) is 1. The lowest BCUT2D eigenvalue weighted by Gasteiger charge is -2.16. The van der Waals surface area contributed by atoms with E-state index in [-0.39, 0.29) is 17.8 Å². The molecule has 4 nitrogen and oxygen atoms in total. The number of hydrogen-bond acceptors (Lipinski definition) is 2. The fraction of sp³-hybridized carbons (Fsp3) is 0.500. The number of nitrogens with zero attached hydrogens (tertiary/aromatic N) is 1. The number of nitrogens with one attached hydrogen (secondary N) is 1. The van der Waals surface area contributed by atoms with E-state index in [2.05, 4.69) is 10.3 Å². The van der Waals surface area contributed by atoms with E-state index in [1.54, 1.807) is 7.11 Å². The van der Waals surface area contributed by atoms with E-state index in [0.29, 0.717) is 12.5 Å². The Morgan fingerprint density at radius 1 is 1.45 bits per heavy atom. The van der Waals surface area contributed by atoms with Crippen LogP contribution in [0, 0.1) is 17.6 Å². The second kappa shape index (κ2) is 6.65. The SMILES string of the molecule is COC1CCCC1CN=C(N)Nc1cc(F)ccc1F. The van der Waals surface area contributed by atoms with Crippen molar-refractivity contribution in [2.45, 2.75) is 25.4 Å². The molecule has 0 aliphatic heterocycles. The average Bonchev–Trinajstić information content (AvgIpc) is 2.88. The third-order valence-corrected chi connectivity index (χ3v) is 3.58. The molecule has 2 atom stereocenters. The Kier molecular flexibility index (Phi) is 4.89. The summed E-state index contributed by atoms with van der Waals surface area (Å²) in [4.78, 5) is 4.18. The van der Waals surface area contributed by atoms with Crippen LogP contribution in [0.2, 0.25) is 0 Å². The van der Waals surface area contributed by atoms with Crippen LogP contribution in [-0.4, -0.2) is 25.7 Å². The minimum absolute atomic E-state index is 0.0130. The molecule has 3 N–H and O–H groups in total. The maximum Gasteiger partial charge on any atom is 0.193 e. The van der Waals surface area contributed by atoms with Crippen molar-refractivity contribution in [1.82, 2.24) is 0 Å². The normalized spacial score (nSPS) is 23.1. The van der Waals surface area contributed by atoms with Crippen molar-refractivity contribution in [3.05, 3.63) is 29.8 Å². The van der Waals surface area contributed by atoms with Gasteiger partial charge in [-0.3, -0.25) is 4.99 Å². The Hall–Kier alpha value is -1.69. The molecule has 0 amide bonds. The maximum atomic E-state index is 13.4. The fourth-order valence-electron chi connectivity index (χ4n) is 2.51. The molecule has 1 aliphatic rings. The zero-order chi connectivity index (χ0) is 14.5. The van der Waals surface area contributed by atoms with Crippen LogP contribution in [0.15, 0.2) is 23.2 Å². The molecule has 6 heteroatoms. The van der Waals surface area contributed by atoms with Crippen LogP contribution in [0.4, 0.5) is 14.5 Å². The van der Waals surface area contributed by atoms with Gasteiger partial charge in [0, 0.05) is 25.6 Å². The van der Waals surface area contributed by atoms with E-state index in [0.717, 1.165) is 37.5 Å². The van der Waals surface area contributed by atoms with E-state index in [9.17, 15) is 8.78 Å². The first-order valence-electron chi connectivity index (χ1n) is 6.65. The Bertz CT molecular complexity index is 493. The summed E-state index contributed by atoms with van der Waals surface area (Å²) in [6, 6.07) is 3.14. The topological polar surface area (TPSA) is 59.6 Å². The van der Waals surface area contributed by atoms with Gasteiger partial charge in [-0.1, -0.05) is 6.42 Å². The van der Waals surface area contributed by atoms with E-state index >= 15 is 0 Å². The van der Waals surface area contributed by atoms with E-state index in [1.165, 1.54) is 0 Å². The molecular weight excluding hydrogens is 264 g/mol. The quantitative estimate of drug-likeness (QED) is 0.659. The van der Waals surface area contributed by atoms with Gasteiger partial charge in [0.05, 0.1) is 11.8 Å². The second-order valence-corrected chi connectivity index (χ2v) is 4.94. The lowest BCUT2D eigenvalue weighted by atomic mass is 10.1. The van der Waals surface area contributed by atoms with Gasteiger partial charge in [0.15, 0.2) is 5.96 Å². The van der Waals surface area contributed by atoms with Gasteiger partial charge < -0.3 is 15.8 Å². The molecule has 0 heterocycles. The highest BCUT2D eigenvalue weighted by molar-refractivity contribution is 5.92. The molecule has 20 heavy (non-hydrogen) atoms. The van der Waals surface area contributed by atoms with Gasteiger partial charge >= 0.3 is 0 Å². The number of anilines is 1. The van der Waals surface area contributed by atoms with E-state index in [4.69, 9.17) is 10.5 Å². The molecule has 1 saturated carbocycles. The van der Waals surface area contributed by atoms with Crippen molar-refractivity contribution in [3.63, 3.8) is 0 Å². The number of aliphatic imine (C=N–C) groups is 1. The van der Waals surface area contributed by atoms with Gasteiger partial charge in [0.2, 0.25) is 0 Å². The number of halogens is 2. The van der Waals surface area contributed by atoms with Crippen LogP contribution in [-0.2, 0) is 4.74 Å². The number of methoxy groups -OCH3 is 1. The fourth-order valence-corrected chi connectivity index (χ4v) is 2.51. The summed E-state index contributed by atoms with van der Waals surface area (Å²) in [7, 11) is 1.69. The first-order valence-corrected chi connectivity index (χ1v) is 6.65. The van der Waals surface area contributed by atoms with Crippen molar-refractivity contribution in [2.24, 2.45) is 16.6 Å². The van der Waals surface area contributed by atoms with E-state index < -0.39 is 11.6 Å². The zero-order valence-electron chi connectivity index (χ0n) is 11.4. The highest BCUT2D eigenvalue weighted by Gasteiger charge is 2.26. The molecule has 2 unspecified atom stereocenters. The van der Waals surface area contributed by atoms with Gasteiger partial charge in [-0.05, 0) is 25.0 Å². The Labute approximate surface area is 117 Å². The van der Waals surface area contributed by atoms with Crippen molar-refractivity contribution < 1.29 is 13.5 Å². The van der Waals surface area contributed by atoms with Crippen LogP contribution < -0.4 is 11.1 Å². The summed E-state index contributed by atoms with van der Waals surface area (Å²) < 4.78 is 31.8. The van der Waals surface area contributed by atoms with Gasteiger partial charge in [0.25, 0.3) is 0 Å². The second-order valence-electron chi connectivity index (χ2n) is 4.94. The summed E-state index contributed by atoms with van der Waals surface area (Å²) >= 11 is 0. The molecule has 1 fully saturated rings. The molecule has 0 aromatic heterocycles. The summed E-state index contributed by atoms with van der Waals surface area (Å²) in [6.45, 7) is 0.522. The minimum Gasteiger partial charge on any atom is -0.381 e. The monoisotopic (exact) mass is 283 g/mol. The summed E-state index contributed by atoms with van der Waals surface area (Å²) in [5.74, 6) is -0.689. The molecule has 2 rings (SSSR count). The van der Waals surface area contributed by atoms with Crippen LogP contribution >= 0.6 is 0 Å². The molecule has 1 aromatic carbocycles. The van der Waals surface area contributed by atoms with Gasteiger partial charge in [0.1, 0.15) is 11.6 Å². The smallest absolute Gasteiger partial charge is 0.193 e. The van der Waals surface area contributed by atoms with Gasteiger partial charge in [-0.25, -0.2) is 8.78 Å². The molecule has 1 aromatic rings. The highest BCUT2D eigenvalue weighted by atomic mass is 19.1. The molecule has 0 radical (unpaired) electrons. The number of rotatable bonds is 4. The van der Waals surface area contributed by atoms with Crippen LogP contribution in [0.3, 0.4) is 0 Å².